The van der Waals surface area contributed by atoms with Crippen LogP contribution in [0.4, 0.5) is 0 Å². The number of Topliss-reactive ketones (excluding diaryl/α,β-unsaturated/α-hetero) is 2. The number of ether oxygens (including phenoxy) is 8. The molecule has 10 heteroatoms. The fraction of sp³-hybridized carbons (Fsp3) is 0.278. The van der Waals surface area contributed by atoms with Crippen molar-refractivity contribution in [1.29, 1.82) is 0 Å². The Morgan fingerprint density at radius 2 is 0.891 bits per heavy atom. The monoisotopic (exact) mass is 630 g/mol. The van der Waals surface area contributed by atoms with E-state index in [0.29, 0.717) is 64.2 Å². The summed E-state index contributed by atoms with van der Waals surface area (Å²) < 4.78 is 44.2. The van der Waals surface area contributed by atoms with Crippen molar-refractivity contribution >= 4 is 11.6 Å². The summed E-state index contributed by atoms with van der Waals surface area (Å²) in [5.41, 5.74) is 3.20. The predicted molar refractivity (Wildman–Crippen MR) is 173 cm³/mol. The third-order valence-electron chi connectivity index (χ3n) is 7.57. The van der Waals surface area contributed by atoms with Gasteiger partial charge in [-0.25, -0.2) is 0 Å². The van der Waals surface area contributed by atoms with Gasteiger partial charge in [0, 0.05) is 41.0 Å². The Bertz CT molecular complexity index is 1680. The average Bonchev–Trinajstić information content (AvgIpc) is 3.11. The highest BCUT2D eigenvalue weighted by Crippen LogP contribution is 2.43. The van der Waals surface area contributed by atoms with Crippen LogP contribution in [-0.2, 0) is 12.8 Å². The molecule has 10 nitrogen and oxygen atoms in total. The van der Waals surface area contributed by atoms with E-state index in [1.54, 1.807) is 52.7 Å². The number of methoxy groups -OCH3 is 8. The van der Waals surface area contributed by atoms with Gasteiger partial charge < -0.3 is 37.9 Å². The number of aryl methyl sites for hydroxylation is 2. The van der Waals surface area contributed by atoms with E-state index >= 15 is 0 Å². The van der Waals surface area contributed by atoms with Crippen LogP contribution in [0.25, 0.3) is 11.1 Å². The Morgan fingerprint density at radius 3 is 1.37 bits per heavy atom. The second-order valence-electron chi connectivity index (χ2n) is 10.1. The minimum absolute atomic E-state index is 0.0491. The molecule has 0 aliphatic carbocycles. The van der Waals surface area contributed by atoms with Gasteiger partial charge in [-0.1, -0.05) is 0 Å². The number of carbonyl (C=O) groups excluding carboxylic acids is 2. The van der Waals surface area contributed by atoms with Crippen molar-refractivity contribution in [2.24, 2.45) is 0 Å². The normalized spacial score (nSPS) is 10.5. The molecule has 4 aromatic rings. The summed E-state index contributed by atoms with van der Waals surface area (Å²) >= 11 is 0. The van der Waals surface area contributed by atoms with Crippen molar-refractivity contribution in [2.45, 2.75) is 12.8 Å². The largest absolute Gasteiger partial charge is 0.497 e. The van der Waals surface area contributed by atoms with Crippen LogP contribution in [0.1, 0.15) is 31.8 Å². The first-order chi connectivity index (χ1) is 22.2. The van der Waals surface area contributed by atoms with E-state index in [9.17, 15) is 9.59 Å². The lowest BCUT2D eigenvalue weighted by atomic mass is 9.93. The lowest BCUT2D eigenvalue weighted by Crippen LogP contribution is -2.16. The Kier molecular flexibility index (Phi) is 11.0. The van der Waals surface area contributed by atoms with Gasteiger partial charge in [-0.3, -0.25) is 9.59 Å². The molecule has 0 heterocycles. The van der Waals surface area contributed by atoms with E-state index in [-0.39, 0.29) is 16.9 Å². The van der Waals surface area contributed by atoms with Crippen LogP contribution in [0.5, 0.6) is 46.0 Å². The second kappa shape index (κ2) is 15.1. The zero-order chi connectivity index (χ0) is 33.4. The van der Waals surface area contributed by atoms with Crippen LogP contribution in [0, 0.1) is 0 Å². The number of hydrogen-bond acceptors (Lipinski definition) is 10. The van der Waals surface area contributed by atoms with Gasteiger partial charge in [0.05, 0.1) is 62.4 Å². The first-order valence-electron chi connectivity index (χ1n) is 14.3. The number of carbonyl (C=O) groups is 2. The van der Waals surface area contributed by atoms with Crippen LogP contribution >= 0.6 is 0 Å². The summed E-state index contributed by atoms with van der Waals surface area (Å²) in [5, 5.41) is 0. The van der Waals surface area contributed by atoms with E-state index in [2.05, 4.69) is 0 Å². The lowest BCUT2D eigenvalue weighted by Gasteiger charge is -2.19. The van der Waals surface area contributed by atoms with Crippen molar-refractivity contribution in [3.8, 4) is 57.1 Å². The molecule has 242 valence electrons. The Morgan fingerprint density at radius 1 is 0.435 bits per heavy atom. The molecule has 46 heavy (non-hydrogen) atoms. The third-order valence-corrected chi connectivity index (χ3v) is 7.57. The topological polar surface area (TPSA) is 108 Å². The smallest absolute Gasteiger partial charge is 0.237 e. The molecule has 0 unspecified atom stereocenters. The molecule has 0 saturated heterocycles. The van der Waals surface area contributed by atoms with E-state index < -0.39 is 11.6 Å². The van der Waals surface area contributed by atoms with Crippen molar-refractivity contribution in [3.05, 3.63) is 82.9 Å². The Hall–Kier alpha value is -5.38. The van der Waals surface area contributed by atoms with Crippen LogP contribution in [0.3, 0.4) is 0 Å². The van der Waals surface area contributed by atoms with Gasteiger partial charge in [-0.2, -0.15) is 0 Å². The summed E-state index contributed by atoms with van der Waals surface area (Å²) in [6.07, 6.45) is 1.24. The van der Waals surface area contributed by atoms with Gasteiger partial charge in [0.15, 0.2) is 0 Å². The van der Waals surface area contributed by atoms with Crippen LogP contribution in [0.15, 0.2) is 60.7 Å². The quantitative estimate of drug-likeness (QED) is 0.110. The molecular formula is C36H38O10. The summed E-state index contributed by atoms with van der Waals surface area (Å²) in [6.45, 7) is 0. The van der Waals surface area contributed by atoms with Gasteiger partial charge in [0.25, 0.3) is 0 Å². The molecular weight excluding hydrogens is 592 g/mol. The van der Waals surface area contributed by atoms with Crippen LogP contribution in [0.2, 0.25) is 0 Å². The van der Waals surface area contributed by atoms with Crippen LogP contribution < -0.4 is 37.9 Å². The summed E-state index contributed by atoms with van der Waals surface area (Å²) in [6, 6.07) is 17.2. The molecule has 0 saturated carbocycles. The molecule has 0 bridgehead atoms. The van der Waals surface area contributed by atoms with E-state index in [4.69, 9.17) is 37.9 Å². The maximum Gasteiger partial charge on any atom is 0.237 e. The van der Waals surface area contributed by atoms with Gasteiger partial charge >= 0.3 is 0 Å². The standard InChI is InChI=1S/C36H38O10/c1-39-24-11-21(12-25(16-24)40-2)9-10-22-15-28(32(44-6)19-31(22)43-5)29-18-30(34(46-8)20-33(29)45-7)36(38)35(37)23-13-26(41-3)17-27(14-23)42-4/h11-20H,9-10H2,1-8H3. The first-order valence-corrected chi connectivity index (χ1v) is 14.3. The summed E-state index contributed by atoms with van der Waals surface area (Å²) in [5.74, 6) is 2.29. The zero-order valence-electron chi connectivity index (χ0n) is 27.3. The molecule has 0 spiro atoms. The SMILES string of the molecule is COc1cc(CCc2cc(-c3cc(C(=O)C(=O)c4cc(OC)cc(OC)c4)c(OC)cc3OC)c(OC)cc2OC)cc(OC)c1. The molecule has 4 rings (SSSR count). The van der Waals surface area contributed by atoms with Crippen molar-refractivity contribution in [3.63, 3.8) is 0 Å². The van der Waals surface area contributed by atoms with Crippen molar-refractivity contribution in [2.75, 3.05) is 56.9 Å². The molecule has 0 aliphatic rings. The van der Waals surface area contributed by atoms with Gasteiger partial charge in [0.1, 0.15) is 46.0 Å². The minimum Gasteiger partial charge on any atom is -0.497 e. The highest BCUT2D eigenvalue weighted by molar-refractivity contribution is 6.50. The van der Waals surface area contributed by atoms with E-state index in [1.807, 2.05) is 24.3 Å². The maximum atomic E-state index is 13.8. The Labute approximate surface area is 268 Å². The molecule has 0 aromatic heterocycles. The number of benzene rings is 4. The first kappa shape index (κ1) is 33.5. The highest BCUT2D eigenvalue weighted by Gasteiger charge is 2.27. The third kappa shape index (κ3) is 7.12. The fourth-order valence-electron chi connectivity index (χ4n) is 5.14. The number of hydrogen-bond donors (Lipinski definition) is 0. The van der Waals surface area contributed by atoms with Gasteiger partial charge in [-0.15, -0.1) is 0 Å². The van der Waals surface area contributed by atoms with Gasteiger partial charge in [0.2, 0.25) is 11.6 Å². The number of rotatable bonds is 15. The van der Waals surface area contributed by atoms with Crippen molar-refractivity contribution < 1.29 is 47.5 Å². The van der Waals surface area contributed by atoms with Crippen molar-refractivity contribution in [1.82, 2.24) is 0 Å². The molecule has 0 fully saturated rings. The molecule has 0 atom stereocenters. The van der Waals surface area contributed by atoms with E-state index in [1.165, 1.54) is 40.6 Å². The Balaban J connectivity index is 1.81. The summed E-state index contributed by atoms with van der Waals surface area (Å²) in [4.78, 5) is 27.3. The lowest BCUT2D eigenvalue weighted by molar-refractivity contribution is 0.0814. The zero-order valence-corrected chi connectivity index (χ0v) is 27.3. The van der Waals surface area contributed by atoms with Crippen LogP contribution in [-0.4, -0.2) is 68.4 Å². The second-order valence-corrected chi connectivity index (χ2v) is 10.1. The average molecular weight is 631 g/mol. The molecule has 4 aromatic carbocycles. The maximum absolute atomic E-state index is 13.8. The molecule has 0 N–H and O–H groups in total. The molecule has 0 aliphatic heterocycles. The summed E-state index contributed by atoms with van der Waals surface area (Å²) in [7, 11) is 12.2. The molecule has 0 radical (unpaired) electrons. The minimum atomic E-state index is -0.782. The van der Waals surface area contributed by atoms with E-state index in [0.717, 1.165) is 11.1 Å². The molecule has 0 amide bonds. The van der Waals surface area contributed by atoms with Gasteiger partial charge in [-0.05, 0) is 60.4 Å². The number of ketones is 2. The highest BCUT2D eigenvalue weighted by atomic mass is 16.5. The fourth-order valence-corrected chi connectivity index (χ4v) is 5.14. The predicted octanol–water partition coefficient (Wildman–Crippen LogP) is 6.27.